The van der Waals surface area contributed by atoms with Crippen molar-refractivity contribution in [2.24, 2.45) is 5.92 Å². The number of hydrogen-bond acceptors (Lipinski definition) is 3. The number of benzene rings is 2. The van der Waals surface area contributed by atoms with E-state index in [1.54, 1.807) is 15.7 Å². The van der Waals surface area contributed by atoms with Crippen molar-refractivity contribution in [3.63, 3.8) is 0 Å². The van der Waals surface area contributed by atoms with E-state index in [2.05, 4.69) is 13.0 Å². The number of nitriles is 1. The molecule has 1 aromatic heterocycles. The van der Waals surface area contributed by atoms with Gasteiger partial charge in [0.15, 0.2) is 0 Å². The predicted octanol–water partition coefficient (Wildman–Crippen LogP) is 5.01. The van der Waals surface area contributed by atoms with Crippen LogP contribution in [0.1, 0.15) is 30.9 Å². The van der Waals surface area contributed by atoms with Crippen LogP contribution in [-0.2, 0) is 4.79 Å². The standard InChI is InChI=1S/C26H26N4O/c1-19-8-10-21(11-9-19)25-23(18-30(28-25)24-6-4-3-5-7-24)16-22(17-27)26(31)29-14-12-20(2)13-15-29/h3-11,16,18,20H,12-15H2,1-2H3/b22-16-. The third-order valence-electron chi connectivity index (χ3n) is 5.81. The van der Waals surface area contributed by atoms with E-state index in [1.165, 1.54) is 0 Å². The van der Waals surface area contributed by atoms with Gasteiger partial charge < -0.3 is 4.90 Å². The second-order valence-corrected chi connectivity index (χ2v) is 8.22. The smallest absolute Gasteiger partial charge is 0.264 e. The molecule has 0 aliphatic carbocycles. The molecule has 31 heavy (non-hydrogen) atoms. The monoisotopic (exact) mass is 410 g/mol. The van der Waals surface area contributed by atoms with Crippen LogP contribution in [0.3, 0.4) is 0 Å². The number of hydrogen-bond donors (Lipinski definition) is 0. The van der Waals surface area contributed by atoms with Gasteiger partial charge in [0.2, 0.25) is 0 Å². The highest BCUT2D eigenvalue weighted by Crippen LogP contribution is 2.27. The summed E-state index contributed by atoms with van der Waals surface area (Å²) in [5.41, 5.74) is 4.68. The largest absolute Gasteiger partial charge is 0.338 e. The molecule has 1 aliphatic rings. The van der Waals surface area contributed by atoms with Crippen LogP contribution in [-0.4, -0.2) is 33.7 Å². The van der Waals surface area contributed by atoms with Gasteiger partial charge in [0.25, 0.3) is 5.91 Å². The minimum absolute atomic E-state index is 0.149. The van der Waals surface area contributed by atoms with Crippen molar-refractivity contribution in [2.75, 3.05) is 13.1 Å². The first-order valence-corrected chi connectivity index (χ1v) is 10.7. The molecule has 0 unspecified atom stereocenters. The first-order chi connectivity index (χ1) is 15.0. The Bertz CT molecular complexity index is 1130. The minimum Gasteiger partial charge on any atom is -0.338 e. The van der Waals surface area contributed by atoms with Gasteiger partial charge in [0.1, 0.15) is 11.6 Å². The summed E-state index contributed by atoms with van der Waals surface area (Å²) < 4.78 is 1.79. The topological polar surface area (TPSA) is 61.9 Å². The summed E-state index contributed by atoms with van der Waals surface area (Å²) >= 11 is 0. The highest BCUT2D eigenvalue weighted by Gasteiger charge is 2.24. The fourth-order valence-electron chi connectivity index (χ4n) is 3.82. The average molecular weight is 411 g/mol. The lowest BCUT2D eigenvalue weighted by molar-refractivity contribution is -0.127. The van der Waals surface area contributed by atoms with Crippen LogP contribution in [0.25, 0.3) is 23.0 Å². The zero-order valence-corrected chi connectivity index (χ0v) is 18.0. The number of aromatic nitrogens is 2. The summed E-state index contributed by atoms with van der Waals surface area (Å²) in [6.45, 7) is 5.65. The molecule has 156 valence electrons. The highest BCUT2D eigenvalue weighted by molar-refractivity contribution is 6.02. The molecule has 1 aliphatic heterocycles. The van der Waals surface area contributed by atoms with Gasteiger partial charge >= 0.3 is 0 Å². The molecule has 0 radical (unpaired) electrons. The second kappa shape index (κ2) is 9.01. The third-order valence-corrected chi connectivity index (χ3v) is 5.81. The molecule has 0 N–H and O–H groups in total. The lowest BCUT2D eigenvalue weighted by atomic mass is 9.98. The Morgan fingerprint density at radius 1 is 1.10 bits per heavy atom. The molecule has 1 amide bonds. The number of piperidine rings is 1. The summed E-state index contributed by atoms with van der Waals surface area (Å²) in [4.78, 5) is 14.8. The van der Waals surface area contributed by atoms with E-state index in [-0.39, 0.29) is 11.5 Å². The molecule has 0 saturated carbocycles. The van der Waals surface area contributed by atoms with Gasteiger partial charge in [0, 0.05) is 30.4 Å². The van der Waals surface area contributed by atoms with Gasteiger partial charge in [-0.2, -0.15) is 10.4 Å². The first kappa shape index (κ1) is 20.6. The lowest BCUT2D eigenvalue weighted by Crippen LogP contribution is -2.38. The minimum atomic E-state index is -0.197. The molecule has 2 heterocycles. The van der Waals surface area contributed by atoms with Crippen molar-refractivity contribution in [1.82, 2.24) is 14.7 Å². The number of carbonyl (C=O) groups excluding carboxylic acids is 1. The Labute approximate surface area is 183 Å². The summed E-state index contributed by atoms with van der Waals surface area (Å²) in [5.74, 6) is 0.424. The Hall–Kier alpha value is -3.65. The molecular formula is C26H26N4O. The maximum absolute atomic E-state index is 13.0. The summed E-state index contributed by atoms with van der Waals surface area (Å²) in [7, 11) is 0. The maximum Gasteiger partial charge on any atom is 0.264 e. The van der Waals surface area contributed by atoms with Crippen molar-refractivity contribution >= 4 is 12.0 Å². The number of aryl methyl sites for hydroxylation is 1. The second-order valence-electron chi connectivity index (χ2n) is 8.22. The third kappa shape index (κ3) is 4.59. The Kier molecular flexibility index (Phi) is 5.99. The van der Waals surface area contributed by atoms with Gasteiger partial charge in [-0.3, -0.25) is 4.79 Å². The number of carbonyl (C=O) groups is 1. The van der Waals surface area contributed by atoms with Crippen LogP contribution in [0.15, 0.2) is 66.4 Å². The molecule has 5 heteroatoms. The van der Waals surface area contributed by atoms with E-state index in [0.717, 1.165) is 40.9 Å². The van der Waals surface area contributed by atoms with E-state index in [9.17, 15) is 10.1 Å². The van der Waals surface area contributed by atoms with Crippen molar-refractivity contribution in [3.05, 3.63) is 77.5 Å². The molecule has 0 spiro atoms. The van der Waals surface area contributed by atoms with Crippen LogP contribution >= 0.6 is 0 Å². The van der Waals surface area contributed by atoms with Gasteiger partial charge in [0.05, 0.1) is 11.4 Å². The quantitative estimate of drug-likeness (QED) is 0.448. The zero-order valence-electron chi connectivity index (χ0n) is 18.0. The van der Waals surface area contributed by atoms with Crippen LogP contribution in [0, 0.1) is 24.2 Å². The van der Waals surface area contributed by atoms with Gasteiger partial charge in [-0.25, -0.2) is 4.68 Å². The van der Waals surface area contributed by atoms with Crippen molar-refractivity contribution in [2.45, 2.75) is 26.7 Å². The molecule has 1 fully saturated rings. The zero-order chi connectivity index (χ0) is 21.8. The number of para-hydroxylation sites is 1. The van der Waals surface area contributed by atoms with E-state index in [1.807, 2.05) is 67.7 Å². The highest BCUT2D eigenvalue weighted by atomic mass is 16.2. The van der Waals surface area contributed by atoms with Gasteiger partial charge in [-0.1, -0.05) is 55.0 Å². The number of nitrogens with zero attached hydrogens (tertiary/aromatic N) is 4. The predicted molar refractivity (Wildman–Crippen MR) is 122 cm³/mol. The Morgan fingerprint density at radius 3 is 2.42 bits per heavy atom. The molecule has 3 aromatic rings. The van der Waals surface area contributed by atoms with Crippen molar-refractivity contribution < 1.29 is 4.79 Å². The molecule has 0 atom stereocenters. The van der Waals surface area contributed by atoms with Crippen LogP contribution in [0.4, 0.5) is 0 Å². The molecule has 0 bridgehead atoms. The van der Waals surface area contributed by atoms with E-state index in [0.29, 0.717) is 19.0 Å². The van der Waals surface area contributed by atoms with Crippen molar-refractivity contribution in [3.8, 4) is 23.0 Å². The summed E-state index contributed by atoms with van der Waals surface area (Å²) in [5, 5.41) is 14.6. The summed E-state index contributed by atoms with van der Waals surface area (Å²) in [6, 6.07) is 20.1. The normalized spacial score (nSPS) is 15.0. The Morgan fingerprint density at radius 2 is 1.77 bits per heavy atom. The van der Waals surface area contributed by atoms with Gasteiger partial charge in [-0.05, 0) is 43.9 Å². The van der Waals surface area contributed by atoms with E-state index < -0.39 is 0 Å². The molecule has 4 rings (SSSR count). The number of amides is 1. The molecular weight excluding hydrogens is 384 g/mol. The van der Waals surface area contributed by atoms with Crippen LogP contribution in [0.5, 0.6) is 0 Å². The van der Waals surface area contributed by atoms with Crippen LogP contribution < -0.4 is 0 Å². The van der Waals surface area contributed by atoms with Gasteiger partial charge in [-0.15, -0.1) is 0 Å². The average Bonchev–Trinajstić information content (AvgIpc) is 3.22. The van der Waals surface area contributed by atoms with Crippen LogP contribution in [0.2, 0.25) is 0 Å². The van der Waals surface area contributed by atoms with E-state index >= 15 is 0 Å². The number of likely N-dealkylation sites (tertiary alicyclic amines) is 1. The first-order valence-electron chi connectivity index (χ1n) is 10.7. The molecule has 1 saturated heterocycles. The molecule has 5 nitrogen and oxygen atoms in total. The van der Waals surface area contributed by atoms with Crippen molar-refractivity contribution in [1.29, 1.82) is 5.26 Å². The fourth-order valence-corrected chi connectivity index (χ4v) is 3.82. The molecule has 2 aromatic carbocycles. The lowest BCUT2D eigenvalue weighted by Gasteiger charge is -2.30. The number of rotatable bonds is 4. The SMILES string of the molecule is Cc1ccc(-c2nn(-c3ccccc3)cc2/C=C(/C#N)C(=O)N2CCC(C)CC2)cc1. The maximum atomic E-state index is 13.0. The fraction of sp³-hybridized carbons (Fsp3) is 0.269. The Balaban J connectivity index is 1.74. The summed E-state index contributed by atoms with van der Waals surface area (Å²) in [6.07, 6.45) is 5.52. The van der Waals surface area contributed by atoms with E-state index in [4.69, 9.17) is 5.10 Å².